The van der Waals surface area contributed by atoms with Crippen LogP contribution in [-0.4, -0.2) is 49.4 Å². The molecule has 0 unspecified atom stereocenters. The standard InChI is InChI=1S/C17H19N5O2/c1-12-6-4-8-18-16(12)22-13(2)15(10-19-22)17(23)20(3)14-7-5-9-21(24)11-14/h4-10,24H,11H2,1-3H3. The van der Waals surface area contributed by atoms with E-state index in [0.717, 1.165) is 16.3 Å². The molecule has 1 amide bonds. The molecule has 0 atom stereocenters. The van der Waals surface area contributed by atoms with Crippen LogP contribution in [0.25, 0.3) is 5.82 Å². The normalized spacial score (nSPS) is 13.8. The Morgan fingerprint density at radius 3 is 2.88 bits per heavy atom. The molecule has 0 fully saturated rings. The molecule has 0 bridgehead atoms. The summed E-state index contributed by atoms with van der Waals surface area (Å²) in [6.07, 6.45) is 8.28. The second-order valence-corrected chi connectivity index (χ2v) is 5.66. The minimum Gasteiger partial charge on any atom is -0.313 e. The first-order chi connectivity index (χ1) is 11.5. The fraction of sp³-hybridized carbons (Fsp3) is 0.235. The molecule has 7 nitrogen and oxygen atoms in total. The molecule has 0 aromatic carbocycles. The van der Waals surface area contributed by atoms with Gasteiger partial charge in [-0.3, -0.25) is 15.1 Å². The smallest absolute Gasteiger partial charge is 0.261 e. The number of amides is 1. The van der Waals surface area contributed by atoms with Gasteiger partial charge in [-0.25, -0.2) is 9.67 Å². The summed E-state index contributed by atoms with van der Waals surface area (Å²) in [7, 11) is 1.68. The maximum absolute atomic E-state index is 12.8. The lowest BCUT2D eigenvalue weighted by Crippen LogP contribution is -2.33. The predicted octanol–water partition coefficient (Wildman–Crippen LogP) is 2.06. The number of hydrogen-bond donors (Lipinski definition) is 1. The number of carbonyl (C=O) groups is 1. The van der Waals surface area contributed by atoms with Crippen LogP contribution in [0, 0.1) is 13.8 Å². The zero-order chi connectivity index (χ0) is 17.3. The molecule has 7 heteroatoms. The molecule has 1 aliphatic heterocycles. The summed E-state index contributed by atoms with van der Waals surface area (Å²) >= 11 is 0. The monoisotopic (exact) mass is 325 g/mol. The zero-order valence-electron chi connectivity index (χ0n) is 13.8. The maximum atomic E-state index is 12.8. The van der Waals surface area contributed by atoms with Crippen LogP contribution >= 0.6 is 0 Å². The number of aryl methyl sites for hydroxylation is 1. The number of rotatable bonds is 3. The van der Waals surface area contributed by atoms with Crippen molar-refractivity contribution in [2.24, 2.45) is 0 Å². The van der Waals surface area contributed by atoms with Gasteiger partial charge in [-0.05, 0) is 37.6 Å². The lowest BCUT2D eigenvalue weighted by molar-refractivity contribution is -0.0369. The van der Waals surface area contributed by atoms with Gasteiger partial charge in [-0.2, -0.15) is 5.10 Å². The fourth-order valence-corrected chi connectivity index (χ4v) is 2.59. The SMILES string of the molecule is Cc1cccnc1-n1ncc(C(=O)N(C)C2=CC=CN(O)C2)c1C. The van der Waals surface area contributed by atoms with Gasteiger partial charge in [-0.15, -0.1) is 0 Å². The minimum atomic E-state index is -0.178. The Morgan fingerprint density at radius 1 is 1.38 bits per heavy atom. The Labute approximate surface area is 140 Å². The molecular weight excluding hydrogens is 306 g/mol. The summed E-state index contributed by atoms with van der Waals surface area (Å²) in [6, 6.07) is 3.81. The average Bonchev–Trinajstić information content (AvgIpc) is 2.95. The summed E-state index contributed by atoms with van der Waals surface area (Å²) in [5, 5.41) is 14.9. The molecule has 0 aliphatic carbocycles. The molecule has 0 saturated heterocycles. The summed E-state index contributed by atoms with van der Waals surface area (Å²) in [4.78, 5) is 18.7. The van der Waals surface area contributed by atoms with Gasteiger partial charge in [0.05, 0.1) is 24.0 Å². The van der Waals surface area contributed by atoms with E-state index in [0.29, 0.717) is 17.1 Å². The first-order valence-electron chi connectivity index (χ1n) is 7.56. The average molecular weight is 325 g/mol. The summed E-state index contributed by atoms with van der Waals surface area (Å²) in [5.74, 6) is 0.528. The number of nitrogens with zero attached hydrogens (tertiary/aromatic N) is 5. The molecule has 0 radical (unpaired) electrons. The van der Waals surface area contributed by atoms with E-state index in [9.17, 15) is 10.0 Å². The van der Waals surface area contributed by atoms with Crippen molar-refractivity contribution in [1.82, 2.24) is 24.7 Å². The third-order valence-corrected chi connectivity index (χ3v) is 4.03. The van der Waals surface area contributed by atoms with E-state index in [1.165, 1.54) is 11.1 Å². The Kier molecular flexibility index (Phi) is 4.18. The fourth-order valence-electron chi connectivity index (χ4n) is 2.59. The third kappa shape index (κ3) is 2.81. The van der Waals surface area contributed by atoms with Gasteiger partial charge in [0.2, 0.25) is 0 Å². The van der Waals surface area contributed by atoms with Gasteiger partial charge in [0, 0.05) is 25.1 Å². The highest BCUT2D eigenvalue weighted by Crippen LogP contribution is 2.19. The lowest BCUT2D eigenvalue weighted by Gasteiger charge is -2.25. The Hall–Kier alpha value is -2.93. The number of aromatic nitrogens is 3. The van der Waals surface area contributed by atoms with Gasteiger partial charge in [0.15, 0.2) is 5.82 Å². The molecule has 3 heterocycles. The highest BCUT2D eigenvalue weighted by molar-refractivity contribution is 5.96. The Balaban J connectivity index is 1.91. The van der Waals surface area contributed by atoms with Crippen molar-refractivity contribution in [3.63, 3.8) is 0 Å². The number of allylic oxidation sites excluding steroid dienone is 2. The van der Waals surface area contributed by atoms with E-state index in [1.54, 1.807) is 36.3 Å². The number of hydroxylamine groups is 2. The summed E-state index contributed by atoms with van der Waals surface area (Å²) in [6.45, 7) is 4.05. The van der Waals surface area contributed by atoms with Crippen LogP contribution in [-0.2, 0) is 0 Å². The first kappa shape index (κ1) is 15.9. The molecule has 2 aromatic heterocycles. The molecular formula is C17H19N5O2. The lowest BCUT2D eigenvalue weighted by atomic mass is 10.2. The van der Waals surface area contributed by atoms with E-state index < -0.39 is 0 Å². The van der Waals surface area contributed by atoms with Crippen molar-refractivity contribution < 1.29 is 10.0 Å². The van der Waals surface area contributed by atoms with E-state index in [2.05, 4.69) is 10.1 Å². The van der Waals surface area contributed by atoms with Gasteiger partial charge in [0.1, 0.15) is 0 Å². The predicted molar refractivity (Wildman–Crippen MR) is 88.6 cm³/mol. The van der Waals surface area contributed by atoms with E-state index in [1.807, 2.05) is 26.0 Å². The highest BCUT2D eigenvalue weighted by Gasteiger charge is 2.22. The molecule has 1 aliphatic rings. The van der Waals surface area contributed by atoms with E-state index >= 15 is 0 Å². The van der Waals surface area contributed by atoms with Crippen LogP contribution in [0.2, 0.25) is 0 Å². The van der Waals surface area contributed by atoms with Crippen molar-refractivity contribution in [3.8, 4) is 5.82 Å². The van der Waals surface area contributed by atoms with E-state index in [-0.39, 0.29) is 12.5 Å². The molecule has 0 spiro atoms. The quantitative estimate of drug-likeness (QED) is 0.935. The second-order valence-electron chi connectivity index (χ2n) is 5.66. The molecule has 3 rings (SSSR count). The second kappa shape index (κ2) is 6.29. The Morgan fingerprint density at radius 2 is 2.17 bits per heavy atom. The van der Waals surface area contributed by atoms with Gasteiger partial charge < -0.3 is 4.90 Å². The number of hydrogen-bond acceptors (Lipinski definition) is 5. The minimum absolute atomic E-state index is 0.178. The van der Waals surface area contributed by atoms with Crippen LogP contribution in [0.4, 0.5) is 0 Å². The van der Waals surface area contributed by atoms with Gasteiger partial charge in [-0.1, -0.05) is 6.07 Å². The molecule has 2 aromatic rings. The topological polar surface area (TPSA) is 74.5 Å². The van der Waals surface area contributed by atoms with E-state index in [4.69, 9.17) is 0 Å². The van der Waals surface area contributed by atoms with Crippen LogP contribution < -0.4 is 0 Å². The van der Waals surface area contributed by atoms with Crippen LogP contribution in [0.15, 0.2) is 48.6 Å². The zero-order valence-corrected chi connectivity index (χ0v) is 13.8. The first-order valence-corrected chi connectivity index (χ1v) is 7.56. The third-order valence-electron chi connectivity index (χ3n) is 4.03. The van der Waals surface area contributed by atoms with Gasteiger partial charge >= 0.3 is 0 Å². The van der Waals surface area contributed by atoms with Crippen molar-refractivity contribution in [2.75, 3.05) is 13.6 Å². The van der Waals surface area contributed by atoms with Crippen molar-refractivity contribution >= 4 is 5.91 Å². The Bertz CT molecular complexity index is 837. The molecule has 1 N–H and O–H groups in total. The van der Waals surface area contributed by atoms with Crippen molar-refractivity contribution in [2.45, 2.75) is 13.8 Å². The van der Waals surface area contributed by atoms with Crippen LogP contribution in [0.1, 0.15) is 21.6 Å². The molecule has 24 heavy (non-hydrogen) atoms. The number of pyridine rings is 1. The number of likely N-dealkylation sites (N-methyl/N-ethyl adjacent to an activating group) is 1. The number of carbonyl (C=O) groups excluding carboxylic acids is 1. The van der Waals surface area contributed by atoms with Crippen molar-refractivity contribution in [1.29, 1.82) is 0 Å². The van der Waals surface area contributed by atoms with Crippen LogP contribution in [0.5, 0.6) is 0 Å². The summed E-state index contributed by atoms with van der Waals surface area (Å²) < 4.78 is 1.67. The van der Waals surface area contributed by atoms with Crippen molar-refractivity contribution in [3.05, 3.63) is 65.4 Å². The highest BCUT2D eigenvalue weighted by atomic mass is 16.5. The van der Waals surface area contributed by atoms with Crippen LogP contribution in [0.3, 0.4) is 0 Å². The summed E-state index contributed by atoms with van der Waals surface area (Å²) in [5.41, 5.74) is 2.90. The molecule has 124 valence electrons. The molecule has 0 saturated carbocycles. The largest absolute Gasteiger partial charge is 0.313 e. The van der Waals surface area contributed by atoms with Gasteiger partial charge in [0.25, 0.3) is 5.91 Å². The maximum Gasteiger partial charge on any atom is 0.261 e.